The largest absolute Gasteiger partial charge is 0.478 e. The van der Waals surface area contributed by atoms with Crippen LogP contribution in [0.2, 0.25) is 0 Å². The van der Waals surface area contributed by atoms with Gasteiger partial charge in [0, 0.05) is 36.0 Å². The molecule has 10 heteroatoms. The highest BCUT2D eigenvalue weighted by atomic mass is 16.4. The van der Waals surface area contributed by atoms with E-state index in [1.54, 1.807) is 62.7 Å². The third-order valence-corrected chi connectivity index (χ3v) is 4.34. The Hall–Kier alpha value is -4.86. The summed E-state index contributed by atoms with van der Waals surface area (Å²) in [5.74, 6) is -1.39. The summed E-state index contributed by atoms with van der Waals surface area (Å²) in [6.07, 6.45) is 6.43. The fourth-order valence-corrected chi connectivity index (χ4v) is 2.58. The van der Waals surface area contributed by atoms with Gasteiger partial charge in [-0.05, 0) is 49.2 Å². The van der Waals surface area contributed by atoms with E-state index in [1.165, 1.54) is 24.3 Å². The highest BCUT2D eigenvalue weighted by molar-refractivity contribution is 5.90. The molecule has 170 valence electrons. The first kappa shape index (κ1) is 23.8. The number of hydrogen-bond donors (Lipinski definition) is 2. The molecule has 0 saturated heterocycles. The molecule has 0 radical (unpaired) electrons. The molecule has 2 aromatic carbocycles. The summed E-state index contributed by atoms with van der Waals surface area (Å²) >= 11 is 0. The van der Waals surface area contributed by atoms with Gasteiger partial charge in [0.15, 0.2) is 11.6 Å². The van der Waals surface area contributed by atoms with Gasteiger partial charge in [0.05, 0.1) is 11.1 Å². The Morgan fingerprint density at radius 2 is 0.971 bits per heavy atom. The standard InChI is InChI=1S/C24H20N6O4/c1-15(25-13-17-3-7-19(8-4-17)23(31)32)11-21-27-29-22(30-28-21)12-16(2)26-14-18-5-9-20(10-6-18)24(33)34/h3-14H,1-2H3,(H,31,32)(H,33,34)/b15-11+,16-12+,25-13?,26-14?. The molecule has 0 aliphatic carbocycles. The minimum Gasteiger partial charge on any atom is -0.478 e. The van der Waals surface area contributed by atoms with E-state index in [-0.39, 0.29) is 22.8 Å². The van der Waals surface area contributed by atoms with Crippen molar-refractivity contribution in [1.82, 2.24) is 20.4 Å². The van der Waals surface area contributed by atoms with E-state index in [0.29, 0.717) is 11.4 Å². The number of aromatic nitrogens is 4. The summed E-state index contributed by atoms with van der Waals surface area (Å²) in [6.45, 7) is 3.53. The second kappa shape index (κ2) is 11.1. The van der Waals surface area contributed by atoms with Crippen LogP contribution in [0.3, 0.4) is 0 Å². The molecule has 0 atom stereocenters. The van der Waals surface area contributed by atoms with E-state index >= 15 is 0 Å². The van der Waals surface area contributed by atoms with Crippen molar-refractivity contribution in [2.75, 3.05) is 0 Å². The molecule has 0 amide bonds. The van der Waals surface area contributed by atoms with Gasteiger partial charge in [-0.1, -0.05) is 24.3 Å². The lowest BCUT2D eigenvalue weighted by molar-refractivity contribution is 0.0686. The molecule has 34 heavy (non-hydrogen) atoms. The van der Waals surface area contributed by atoms with Gasteiger partial charge in [0.2, 0.25) is 0 Å². The van der Waals surface area contributed by atoms with E-state index in [0.717, 1.165) is 11.1 Å². The van der Waals surface area contributed by atoms with Crippen LogP contribution in [0.25, 0.3) is 12.2 Å². The highest BCUT2D eigenvalue weighted by Gasteiger charge is 2.02. The number of benzene rings is 2. The number of carboxylic acid groups (broad SMARTS) is 2. The predicted molar refractivity (Wildman–Crippen MR) is 127 cm³/mol. The maximum Gasteiger partial charge on any atom is 0.335 e. The van der Waals surface area contributed by atoms with Crippen LogP contribution in [0, 0.1) is 0 Å². The molecule has 0 unspecified atom stereocenters. The Labute approximate surface area is 194 Å². The SMILES string of the molecule is C/C(=C\c1nnc(/C=C(\C)N=Cc2ccc(C(=O)O)cc2)nn1)N=Cc1ccc(C(=O)O)cc1. The van der Waals surface area contributed by atoms with Crippen LogP contribution in [0.5, 0.6) is 0 Å². The molecule has 0 spiro atoms. The van der Waals surface area contributed by atoms with Crippen LogP contribution in [0.4, 0.5) is 0 Å². The van der Waals surface area contributed by atoms with Gasteiger partial charge in [-0.25, -0.2) is 9.59 Å². The molecule has 0 saturated carbocycles. The van der Waals surface area contributed by atoms with Crippen LogP contribution in [-0.4, -0.2) is 55.0 Å². The third-order valence-electron chi connectivity index (χ3n) is 4.34. The second-order valence-electron chi connectivity index (χ2n) is 7.06. The van der Waals surface area contributed by atoms with Crippen LogP contribution in [0.1, 0.15) is 57.3 Å². The fourth-order valence-electron chi connectivity index (χ4n) is 2.58. The van der Waals surface area contributed by atoms with Gasteiger partial charge < -0.3 is 10.2 Å². The average molecular weight is 456 g/mol. The number of aromatic carboxylic acids is 2. The predicted octanol–water partition coefficient (Wildman–Crippen LogP) is 3.62. The van der Waals surface area contributed by atoms with E-state index in [9.17, 15) is 9.59 Å². The molecule has 10 nitrogen and oxygen atoms in total. The minimum absolute atomic E-state index is 0.208. The van der Waals surface area contributed by atoms with Crippen molar-refractivity contribution in [2.45, 2.75) is 13.8 Å². The van der Waals surface area contributed by atoms with Gasteiger partial charge in [-0.2, -0.15) is 0 Å². The highest BCUT2D eigenvalue weighted by Crippen LogP contribution is 2.07. The number of hydrogen-bond acceptors (Lipinski definition) is 8. The third kappa shape index (κ3) is 7.09. The van der Waals surface area contributed by atoms with E-state index in [1.807, 2.05) is 0 Å². The van der Waals surface area contributed by atoms with Gasteiger partial charge in [-0.15, -0.1) is 20.4 Å². The monoisotopic (exact) mass is 456 g/mol. The first-order valence-corrected chi connectivity index (χ1v) is 9.99. The van der Waals surface area contributed by atoms with E-state index < -0.39 is 11.9 Å². The summed E-state index contributed by atoms with van der Waals surface area (Å²) in [4.78, 5) is 30.4. The van der Waals surface area contributed by atoms with Gasteiger partial charge in [0.1, 0.15) is 0 Å². The molecule has 3 rings (SSSR count). The summed E-state index contributed by atoms with van der Waals surface area (Å²) in [5.41, 5.74) is 3.15. The van der Waals surface area contributed by atoms with Crippen molar-refractivity contribution in [1.29, 1.82) is 0 Å². The van der Waals surface area contributed by atoms with Crippen LogP contribution in [-0.2, 0) is 0 Å². The number of carboxylic acids is 2. The zero-order chi connectivity index (χ0) is 24.5. The lowest BCUT2D eigenvalue weighted by atomic mass is 10.1. The molecule has 1 heterocycles. The van der Waals surface area contributed by atoms with Crippen molar-refractivity contribution >= 4 is 36.5 Å². The van der Waals surface area contributed by atoms with Gasteiger partial charge >= 0.3 is 11.9 Å². The van der Waals surface area contributed by atoms with Crippen LogP contribution < -0.4 is 0 Å². The lowest BCUT2D eigenvalue weighted by Crippen LogP contribution is -1.99. The number of allylic oxidation sites excluding steroid dienone is 2. The van der Waals surface area contributed by atoms with Gasteiger partial charge in [-0.3, -0.25) is 9.98 Å². The van der Waals surface area contributed by atoms with Crippen LogP contribution in [0.15, 0.2) is 69.9 Å². The molecule has 1 aromatic heterocycles. The summed E-state index contributed by atoms with van der Waals surface area (Å²) < 4.78 is 0. The Kier molecular flexibility index (Phi) is 7.79. The summed E-state index contributed by atoms with van der Waals surface area (Å²) in [5, 5.41) is 33.9. The molecule has 0 aliphatic heterocycles. The quantitative estimate of drug-likeness (QED) is 0.488. The Morgan fingerprint density at radius 3 is 1.26 bits per heavy atom. The Morgan fingerprint density at radius 1 is 0.647 bits per heavy atom. The normalized spacial score (nSPS) is 12.4. The van der Waals surface area contributed by atoms with Gasteiger partial charge in [0.25, 0.3) is 0 Å². The smallest absolute Gasteiger partial charge is 0.335 e. The van der Waals surface area contributed by atoms with Crippen molar-refractivity contribution in [3.8, 4) is 0 Å². The molecule has 0 fully saturated rings. The first-order valence-electron chi connectivity index (χ1n) is 9.99. The minimum atomic E-state index is -0.982. The van der Waals surface area contributed by atoms with Crippen molar-refractivity contribution in [3.05, 3.63) is 93.8 Å². The lowest BCUT2D eigenvalue weighted by Gasteiger charge is -1.97. The summed E-state index contributed by atoms with van der Waals surface area (Å²) in [6, 6.07) is 12.7. The van der Waals surface area contributed by atoms with E-state index in [2.05, 4.69) is 30.4 Å². The molecule has 2 N–H and O–H groups in total. The Balaban J connectivity index is 1.61. The average Bonchev–Trinajstić information content (AvgIpc) is 2.83. The topological polar surface area (TPSA) is 151 Å². The number of nitrogens with zero attached hydrogens (tertiary/aromatic N) is 6. The first-order chi connectivity index (χ1) is 16.3. The number of carbonyl (C=O) groups is 2. The molecular weight excluding hydrogens is 436 g/mol. The fraction of sp³-hybridized carbons (Fsp3) is 0.0833. The maximum absolute atomic E-state index is 10.9. The zero-order valence-corrected chi connectivity index (χ0v) is 18.3. The summed E-state index contributed by atoms with van der Waals surface area (Å²) in [7, 11) is 0. The number of rotatable bonds is 8. The second-order valence-corrected chi connectivity index (χ2v) is 7.06. The van der Waals surface area contributed by atoms with E-state index in [4.69, 9.17) is 10.2 Å². The molecule has 0 bridgehead atoms. The number of aliphatic imine (C=N–C) groups is 2. The van der Waals surface area contributed by atoms with Crippen molar-refractivity contribution in [3.63, 3.8) is 0 Å². The maximum atomic E-state index is 10.9. The van der Waals surface area contributed by atoms with Crippen LogP contribution >= 0.6 is 0 Å². The molecule has 3 aromatic rings. The van der Waals surface area contributed by atoms with Crippen molar-refractivity contribution < 1.29 is 19.8 Å². The Bertz CT molecular complexity index is 1190. The zero-order valence-electron chi connectivity index (χ0n) is 18.3. The molecule has 0 aliphatic rings. The van der Waals surface area contributed by atoms with Crippen molar-refractivity contribution in [2.24, 2.45) is 9.98 Å². The molecular formula is C24H20N6O4.